The van der Waals surface area contributed by atoms with Crippen LogP contribution in [0.1, 0.15) is 29.6 Å². The zero-order valence-electron chi connectivity index (χ0n) is 14.5. The van der Waals surface area contributed by atoms with Crippen molar-refractivity contribution in [2.24, 2.45) is 0 Å². The fourth-order valence-corrected chi connectivity index (χ4v) is 3.10. The minimum atomic E-state index is -0.308. The van der Waals surface area contributed by atoms with E-state index in [9.17, 15) is 9.59 Å². The molecule has 5 nitrogen and oxygen atoms in total. The summed E-state index contributed by atoms with van der Waals surface area (Å²) in [6.45, 7) is 2.08. The molecule has 6 heteroatoms. The standard InChI is InChI=1S/C20H22ClN3O2/c21-16-6-4-15(5-7-16)20(26)22-14-19(25)23-17-8-10-18(11-9-17)24-12-2-1-3-13-24/h4-11H,1-3,12-14H2,(H,22,26)(H,23,25). The molecular formula is C20H22ClN3O2. The van der Waals surface area contributed by atoms with Gasteiger partial charge in [-0.15, -0.1) is 0 Å². The average Bonchev–Trinajstić information content (AvgIpc) is 2.68. The van der Waals surface area contributed by atoms with Crippen LogP contribution in [-0.4, -0.2) is 31.4 Å². The number of piperidine rings is 1. The van der Waals surface area contributed by atoms with Crippen LogP contribution in [0.2, 0.25) is 5.02 Å². The van der Waals surface area contributed by atoms with Gasteiger partial charge in [0, 0.05) is 35.1 Å². The van der Waals surface area contributed by atoms with Crippen molar-refractivity contribution in [3.63, 3.8) is 0 Å². The number of anilines is 2. The van der Waals surface area contributed by atoms with Crippen LogP contribution >= 0.6 is 11.6 Å². The van der Waals surface area contributed by atoms with Crippen LogP contribution in [0.25, 0.3) is 0 Å². The molecule has 2 amide bonds. The Morgan fingerprint density at radius 2 is 1.58 bits per heavy atom. The first-order valence-electron chi connectivity index (χ1n) is 8.80. The highest BCUT2D eigenvalue weighted by molar-refractivity contribution is 6.30. The maximum Gasteiger partial charge on any atom is 0.251 e. The van der Waals surface area contributed by atoms with Crippen LogP contribution in [0.3, 0.4) is 0 Å². The summed E-state index contributed by atoms with van der Waals surface area (Å²) in [4.78, 5) is 26.4. The second-order valence-electron chi connectivity index (χ2n) is 6.33. The Hall–Kier alpha value is -2.53. The summed E-state index contributed by atoms with van der Waals surface area (Å²) in [6.07, 6.45) is 3.75. The number of halogens is 1. The van der Waals surface area contributed by atoms with Crippen LogP contribution in [0.4, 0.5) is 11.4 Å². The maximum atomic E-state index is 12.0. The number of carbonyl (C=O) groups is 2. The summed E-state index contributed by atoms with van der Waals surface area (Å²) in [5.41, 5.74) is 2.36. The Labute approximate surface area is 158 Å². The molecule has 0 atom stereocenters. The van der Waals surface area contributed by atoms with Gasteiger partial charge >= 0.3 is 0 Å². The molecule has 3 rings (SSSR count). The molecule has 1 saturated heterocycles. The fourth-order valence-electron chi connectivity index (χ4n) is 2.98. The molecule has 26 heavy (non-hydrogen) atoms. The number of hydrogen-bond acceptors (Lipinski definition) is 3. The third-order valence-corrected chi connectivity index (χ3v) is 4.64. The van der Waals surface area contributed by atoms with E-state index in [4.69, 9.17) is 11.6 Å². The SMILES string of the molecule is O=C(CNC(=O)c1ccc(Cl)cc1)Nc1ccc(N2CCCCC2)cc1. The lowest BCUT2D eigenvalue weighted by Crippen LogP contribution is -2.32. The van der Waals surface area contributed by atoms with Crippen molar-refractivity contribution in [3.05, 3.63) is 59.1 Å². The molecule has 1 fully saturated rings. The largest absolute Gasteiger partial charge is 0.372 e. The maximum absolute atomic E-state index is 12.0. The zero-order chi connectivity index (χ0) is 18.4. The Morgan fingerprint density at radius 1 is 0.923 bits per heavy atom. The first-order chi connectivity index (χ1) is 12.6. The van der Waals surface area contributed by atoms with Gasteiger partial charge in [-0.3, -0.25) is 9.59 Å². The highest BCUT2D eigenvalue weighted by atomic mass is 35.5. The number of nitrogens with one attached hydrogen (secondary N) is 2. The molecule has 136 valence electrons. The average molecular weight is 372 g/mol. The first kappa shape index (κ1) is 18.3. The number of hydrogen-bond donors (Lipinski definition) is 2. The predicted octanol–water partition coefficient (Wildman–Crippen LogP) is 3.70. The Balaban J connectivity index is 1.48. The molecule has 0 bridgehead atoms. The molecule has 1 heterocycles. The minimum Gasteiger partial charge on any atom is -0.372 e. The normalized spacial score (nSPS) is 14.0. The van der Waals surface area contributed by atoms with Crippen molar-refractivity contribution >= 4 is 34.8 Å². The van der Waals surface area contributed by atoms with Crippen LogP contribution < -0.4 is 15.5 Å². The number of benzene rings is 2. The molecule has 2 aromatic carbocycles. The first-order valence-corrected chi connectivity index (χ1v) is 9.18. The fraction of sp³-hybridized carbons (Fsp3) is 0.300. The molecule has 0 spiro atoms. The second kappa shape index (κ2) is 8.72. The molecular weight excluding hydrogens is 350 g/mol. The van der Waals surface area contributed by atoms with Crippen molar-refractivity contribution in [1.29, 1.82) is 0 Å². The summed E-state index contributed by atoms with van der Waals surface area (Å²) in [5.74, 6) is -0.574. The molecule has 1 aliphatic rings. The quantitative estimate of drug-likeness (QED) is 0.842. The van der Waals surface area contributed by atoms with E-state index >= 15 is 0 Å². The van der Waals surface area contributed by atoms with Gasteiger partial charge in [-0.05, 0) is 67.8 Å². The lowest BCUT2D eigenvalue weighted by Gasteiger charge is -2.28. The molecule has 0 aromatic heterocycles. The van der Waals surface area contributed by atoms with Crippen LogP contribution in [0.15, 0.2) is 48.5 Å². The Bertz CT molecular complexity index is 754. The summed E-state index contributed by atoms with van der Waals surface area (Å²) in [5, 5.41) is 5.96. The van der Waals surface area contributed by atoms with Crippen LogP contribution in [-0.2, 0) is 4.79 Å². The van der Waals surface area contributed by atoms with E-state index in [2.05, 4.69) is 15.5 Å². The Kier molecular flexibility index (Phi) is 6.12. The molecule has 0 saturated carbocycles. The van der Waals surface area contributed by atoms with Gasteiger partial charge in [-0.1, -0.05) is 11.6 Å². The molecule has 0 aliphatic carbocycles. The summed E-state index contributed by atoms with van der Waals surface area (Å²) in [6, 6.07) is 14.3. The topological polar surface area (TPSA) is 61.4 Å². The molecule has 0 radical (unpaired) electrons. The highest BCUT2D eigenvalue weighted by Crippen LogP contribution is 2.21. The zero-order valence-corrected chi connectivity index (χ0v) is 15.3. The molecule has 0 unspecified atom stereocenters. The van der Waals surface area contributed by atoms with Crippen molar-refractivity contribution in [3.8, 4) is 0 Å². The summed E-state index contributed by atoms with van der Waals surface area (Å²) < 4.78 is 0. The minimum absolute atomic E-state index is 0.0880. The molecule has 2 N–H and O–H groups in total. The highest BCUT2D eigenvalue weighted by Gasteiger charge is 2.11. The van der Waals surface area contributed by atoms with Crippen molar-refractivity contribution in [1.82, 2.24) is 5.32 Å². The van der Waals surface area contributed by atoms with Gasteiger partial charge in [-0.25, -0.2) is 0 Å². The smallest absolute Gasteiger partial charge is 0.251 e. The van der Waals surface area contributed by atoms with Gasteiger partial charge < -0.3 is 15.5 Å². The van der Waals surface area contributed by atoms with Crippen molar-refractivity contribution in [2.75, 3.05) is 29.9 Å². The van der Waals surface area contributed by atoms with E-state index in [1.54, 1.807) is 24.3 Å². The van der Waals surface area contributed by atoms with E-state index in [1.807, 2.05) is 24.3 Å². The predicted molar refractivity (Wildman–Crippen MR) is 105 cm³/mol. The third-order valence-electron chi connectivity index (χ3n) is 4.39. The third kappa shape index (κ3) is 4.99. The van der Waals surface area contributed by atoms with Gasteiger partial charge in [0.15, 0.2) is 0 Å². The Morgan fingerprint density at radius 3 is 2.23 bits per heavy atom. The number of amides is 2. The van der Waals surface area contributed by atoms with Gasteiger partial charge in [0.25, 0.3) is 5.91 Å². The van der Waals surface area contributed by atoms with E-state index < -0.39 is 0 Å². The lowest BCUT2D eigenvalue weighted by molar-refractivity contribution is -0.115. The van der Waals surface area contributed by atoms with E-state index in [0.717, 1.165) is 18.8 Å². The van der Waals surface area contributed by atoms with Crippen molar-refractivity contribution < 1.29 is 9.59 Å². The lowest BCUT2D eigenvalue weighted by atomic mass is 10.1. The van der Waals surface area contributed by atoms with Gasteiger partial charge in [0.05, 0.1) is 6.54 Å². The van der Waals surface area contributed by atoms with Crippen LogP contribution in [0.5, 0.6) is 0 Å². The molecule has 2 aromatic rings. The summed E-state index contributed by atoms with van der Waals surface area (Å²) >= 11 is 5.80. The van der Waals surface area contributed by atoms with Crippen LogP contribution in [0, 0.1) is 0 Å². The number of nitrogens with zero attached hydrogens (tertiary/aromatic N) is 1. The summed E-state index contributed by atoms with van der Waals surface area (Å²) in [7, 11) is 0. The van der Waals surface area contributed by atoms with Gasteiger partial charge in [0.2, 0.25) is 5.91 Å². The van der Waals surface area contributed by atoms with E-state index in [-0.39, 0.29) is 18.4 Å². The van der Waals surface area contributed by atoms with Crippen molar-refractivity contribution in [2.45, 2.75) is 19.3 Å². The van der Waals surface area contributed by atoms with E-state index in [1.165, 1.54) is 24.9 Å². The van der Waals surface area contributed by atoms with E-state index in [0.29, 0.717) is 10.6 Å². The monoisotopic (exact) mass is 371 g/mol. The second-order valence-corrected chi connectivity index (χ2v) is 6.77. The van der Waals surface area contributed by atoms with Gasteiger partial charge in [-0.2, -0.15) is 0 Å². The number of carbonyl (C=O) groups excluding carboxylic acids is 2. The van der Waals surface area contributed by atoms with Gasteiger partial charge in [0.1, 0.15) is 0 Å². The molecule has 1 aliphatic heterocycles. The number of rotatable bonds is 5.